The summed E-state index contributed by atoms with van der Waals surface area (Å²) in [6.07, 6.45) is 8.17. The van der Waals surface area contributed by atoms with E-state index in [-0.39, 0.29) is 36.8 Å². The van der Waals surface area contributed by atoms with E-state index >= 15 is 0 Å². The Morgan fingerprint density at radius 3 is 2.51 bits per heavy atom. The number of nitrogens with zero attached hydrogens (tertiary/aromatic N) is 6. The Labute approximate surface area is 316 Å². The molecule has 0 radical (unpaired) electrons. The zero-order valence-corrected chi connectivity index (χ0v) is 32.0. The number of fused-ring (bicyclic) bond motifs is 2. The molecule has 3 aromatic heterocycles. The first-order valence-electron chi connectivity index (χ1n) is 18.0. The van der Waals surface area contributed by atoms with Gasteiger partial charge in [0.2, 0.25) is 5.95 Å². The van der Waals surface area contributed by atoms with Gasteiger partial charge in [-0.15, -0.1) is 10.2 Å². The molecule has 5 aromatic rings. The van der Waals surface area contributed by atoms with Crippen molar-refractivity contribution in [1.29, 1.82) is 0 Å². The van der Waals surface area contributed by atoms with Crippen molar-refractivity contribution in [2.45, 2.75) is 70.4 Å². The van der Waals surface area contributed by atoms with Crippen LogP contribution in [0.5, 0.6) is 11.5 Å². The SMILES string of the molecule is CS(=O)OCCOc1ccc(Cl)c(-n2nc(C(C)(C)C)cc2NC(=O)NC2CC[C@@H](Oc3ccc4nnc(N5CCCCC5)n4c3)c3ccccc32)c1. The molecule has 2 N–H and O–H groups in total. The van der Waals surface area contributed by atoms with Crippen LogP contribution < -0.4 is 25.0 Å². The van der Waals surface area contributed by atoms with Crippen molar-refractivity contribution in [3.05, 3.63) is 88.7 Å². The largest absolute Gasteiger partial charge is 0.491 e. The lowest BCUT2D eigenvalue weighted by atomic mass is 9.85. The molecule has 15 heteroatoms. The zero-order chi connectivity index (χ0) is 37.1. The molecule has 1 fully saturated rings. The molecule has 1 saturated heterocycles. The van der Waals surface area contributed by atoms with Crippen LogP contribution in [0.25, 0.3) is 11.3 Å². The molecule has 3 atom stereocenters. The average molecular weight is 761 g/mol. The van der Waals surface area contributed by atoms with Crippen LogP contribution in [0.2, 0.25) is 5.02 Å². The maximum Gasteiger partial charge on any atom is 0.320 e. The minimum atomic E-state index is -1.38. The van der Waals surface area contributed by atoms with Gasteiger partial charge in [0.25, 0.3) is 0 Å². The minimum Gasteiger partial charge on any atom is -0.491 e. The summed E-state index contributed by atoms with van der Waals surface area (Å²) in [7, 11) is 0. The van der Waals surface area contributed by atoms with Gasteiger partial charge < -0.3 is 19.7 Å². The van der Waals surface area contributed by atoms with Gasteiger partial charge in [0, 0.05) is 36.9 Å². The first-order chi connectivity index (χ1) is 25.5. The number of anilines is 2. The molecule has 2 unspecified atom stereocenters. The number of halogens is 1. The Hall–Kier alpha value is -4.66. The van der Waals surface area contributed by atoms with Gasteiger partial charge in [-0.25, -0.2) is 13.7 Å². The molecule has 1 aliphatic carbocycles. The number of nitrogens with one attached hydrogen (secondary N) is 2. The van der Waals surface area contributed by atoms with Crippen LogP contribution in [-0.4, -0.2) is 67.2 Å². The molecule has 2 aromatic carbocycles. The summed E-state index contributed by atoms with van der Waals surface area (Å²) >= 11 is 5.30. The standard InChI is InChI=1S/C38H45ClN8O5S/c1-38(2,3)33-23-35(47(44-33)31-22-25(12-14-29(31)39)50-20-21-51-53(4)49)41-36(48)40-30-15-16-32(28-11-7-6-10-27(28)30)52-26-13-17-34-42-43-37(46(34)24-26)45-18-8-5-9-19-45/h6-7,10-14,17,22-24,30,32H,5,8-9,15-16,18-21H2,1-4H3,(H2,40,41,48)/t30?,32-,53?/m1/s1. The van der Waals surface area contributed by atoms with Crippen molar-refractivity contribution < 1.29 is 22.7 Å². The molecule has 0 bridgehead atoms. The molecule has 0 spiro atoms. The van der Waals surface area contributed by atoms with E-state index in [0.717, 1.165) is 60.1 Å². The Kier molecular flexibility index (Phi) is 10.9. The number of benzene rings is 2. The van der Waals surface area contributed by atoms with E-state index in [9.17, 15) is 9.00 Å². The summed E-state index contributed by atoms with van der Waals surface area (Å²) < 4.78 is 32.4. The van der Waals surface area contributed by atoms with Gasteiger partial charge in [0.05, 0.1) is 35.2 Å². The van der Waals surface area contributed by atoms with Crippen LogP contribution in [0, 0.1) is 0 Å². The van der Waals surface area contributed by atoms with Gasteiger partial charge in [-0.2, -0.15) is 5.10 Å². The van der Waals surface area contributed by atoms with Crippen molar-refractivity contribution in [2.24, 2.45) is 0 Å². The number of ether oxygens (including phenoxy) is 2. The maximum absolute atomic E-state index is 13.7. The summed E-state index contributed by atoms with van der Waals surface area (Å²) in [6, 6.07) is 18.4. The predicted octanol–water partition coefficient (Wildman–Crippen LogP) is 7.32. The third kappa shape index (κ3) is 8.45. The highest BCUT2D eigenvalue weighted by Gasteiger charge is 2.30. The highest BCUT2D eigenvalue weighted by atomic mass is 35.5. The lowest BCUT2D eigenvalue weighted by Crippen LogP contribution is -2.36. The van der Waals surface area contributed by atoms with E-state index < -0.39 is 11.1 Å². The number of piperidine rings is 1. The second-order valence-corrected chi connectivity index (χ2v) is 15.8. The van der Waals surface area contributed by atoms with Gasteiger partial charge in [-0.3, -0.25) is 13.9 Å². The van der Waals surface area contributed by atoms with E-state index in [1.165, 1.54) is 12.7 Å². The summed E-state index contributed by atoms with van der Waals surface area (Å²) in [5, 5.41) is 20.4. The Balaban J connectivity index is 1.07. The molecule has 2 aliphatic rings. The quantitative estimate of drug-likeness (QED) is 0.133. The second-order valence-electron chi connectivity index (χ2n) is 14.4. The van der Waals surface area contributed by atoms with Gasteiger partial charge in [0.15, 0.2) is 16.7 Å². The number of amides is 2. The average Bonchev–Trinajstić information content (AvgIpc) is 3.76. The normalized spacial score (nSPS) is 18.0. The molecular formula is C38H45ClN8O5S. The maximum atomic E-state index is 13.7. The summed E-state index contributed by atoms with van der Waals surface area (Å²) in [5.41, 5.74) is 3.82. The van der Waals surface area contributed by atoms with Crippen molar-refractivity contribution in [3.8, 4) is 17.2 Å². The number of rotatable bonds is 11. The molecule has 280 valence electrons. The number of urea groups is 1. The van der Waals surface area contributed by atoms with E-state index in [2.05, 4.69) is 52.6 Å². The van der Waals surface area contributed by atoms with Gasteiger partial charge >= 0.3 is 6.03 Å². The summed E-state index contributed by atoms with van der Waals surface area (Å²) in [4.78, 5) is 16.0. The highest BCUT2D eigenvalue weighted by Crippen LogP contribution is 2.39. The molecule has 53 heavy (non-hydrogen) atoms. The van der Waals surface area contributed by atoms with Crippen molar-refractivity contribution in [2.75, 3.05) is 42.8 Å². The number of pyridine rings is 1. The van der Waals surface area contributed by atoms with Crippen LogP contribution in [0.4, 0.5) is 16.6 Å². The fraction of sp³-hybridized carbons (Fsp3) is 0.421. The third-order valence-corrected chi connectivity index (χ3v) is 10.3. The first kappa shape index (κ1) is 36.7. The number of carbonyl (C=O) groups is 1. The van der Waals surface area contributed by atoms with Crippen LogP contribution >= 0.6 is 11.6 Å². The molecule has 4 heterocycles. The molecule has 7 rings (SSSR count). The number of aromatic nitrogens is 5. The van der Waals surface area contributed by atoms with E-state index in [1.54, 1.807) is 22.9 Å². The van der Waals surface area contributed by atoms with Crippen molar-refractivity contribution >= 4 is 46.1 Å². The minimum absolute atomic E-state index is 0.167. The molecule has 0 saturated carbocycles. The number of hydrogen-bond donors (Lipinski definition) is 2. The lowest BCUT2D eigenvalue weighted by Gasteiger charge is -2.32. The van der Waals surface area contributed by atoms with Gasteiger partial charge in [-0.1, -0.05) is 56.6 Å². The van der Waals surface area contributed by atoms with Crippen molar-refractivity contribution in [1.82, 2.24) is 29.7 Å². The fourth-order valence-corrected chi connectivity index (χ4v) is 7.31. The summed E-state index contributed by atoms with van der Waals surface area (Å²) in [5.74, 6) is 2.56. The second kappa shape index (κ2) is 15.7. The first-order valence-corrected chi connectivity index (χ1v) is 19.8. The monoisotopic (exact) mass is 760 g/mol. The van der Waals surface area contributed by atoms with E-state index in [0.29, 0.717) is 35.1 Å². The summed E-state index contributed by atoms with van der Waals surface area (Å²) in [6.45, 7) is 8.47. The van der Waals surface area contributed by atoms with E-state index in [1.807, 2.05) is 47.0 Å². The lowest BCUT2D eigenvalue weighted by molar-refractivity contribution is 0.171. The smallest absolute Gasteiger partial charge is 0.320 e. The highest BCUT2D eigenvalue weighted by molar-refractivity contribution is 7.79. The molecular weight excluding hydrogens is 716 g/mol. The van der Waals surface area contributed by atoms with Crippen molar-refractivity contribution in [3.63, 3.8) is 0 Å². The number of hydrogen-bond acceptors (Lipinski definition) is 9. The molecule has 2 amide bonds. The molecule has 1 aliphatic heterocycles. The Morgan fingerprint density at radius 2 is 1.74 bits per heavy atom. The fourth-order valence-electron chi connectivity index (χ4n) is 6.81. The zero-order valence-electron chi connectivity index (χ0n) is 30.4. The van der Waals surface area contributed by atoms with Crippen LogP contribution in [-0.2, 0) is 20.7 Å². The van der Waals surface area contributed by atoms with Gasteiger partial charge in [0.1, 0.15) is 30.0 Å². The predicted molar refractivity (Wildman–Crippen MR) is 206 cm³/mol. The molecule has 13 nitrogen and oxygen atoms in total. The Morgan fingerprint density at radius 1 is 0.962 bits per heavy atom. The Bertz CT molecular complexity index is 2110. The van der Waals surface area contributed by atoms with Gasteiger partial charge in [-0.05, 0) is 67.5 Å². The van der Waals surface area contributed by atoms with Crippen LogP contribution in [0.3, 0.4) is 0 Å². The van der Waals surface area contributed by atoms with Crippen LogP contribution in [0.1, 0.15) is 81.8 Å². The number of carbonyl (C=O) groups excluding carboxylic acids is 1. The third-order valence-electron chi connectivity index (χ3n) is 9.48. The van der Waals surface area contributed by atoms with E-state index in [4.69, 9.17) is 30.4 Å². The van der Waals surface area contributed by atoms with Crippen LogP contribution in [0.15, 0.2) is 66.9 Å². The topological polar surface area (TPSA) is 137 Å².